The van der Waals surface area contributed by atoms with Crippen LogP contribution in [0, 0.1) is 0 Å². The van der Waals surface area contributed by atoms with E-state index >= 15 is 0 Å². The van der Waals surface area contributed by atoms with E-state index in [4.69, 9.17) is 0 Å². The van der Waals surface area contributed by atoms with E-state index in [0.29, 0.717) is 32.7 Å². The molecule has 1 aliphatic rings. The van der Waals surface area contributed by atoms with Crippen molar-refractivity contribution in [1.82, 2.24) is 20.4 Å². The second kappa shape index (κ2) is 9.55. The lowest BCUT2D eigenvalue weighted by Crippen LogP contribution is -2.56. The van der Waals surface area contributed by atoms with Gasteiger partial charge in [-0.2, -0.15) is 0 Å². The first-order valence-electron chi connectivity index (χ1n) is 6.65. The van der Waals surface area contributed by atoms with Crippen molar-refractivity contribution in [3.05, 3.63) is 0 Å². The lowest BCUT2D eigenvalue weighted by molar-refractivity contribution is -0.156. The van der Waals surface area contributed by atoms with Crippen LogP contribution in [0.5, 0.6) is 0 Å². The predicted octanol–water partition coefficient (Wildman–Crippen LogP) is -1.18. The van der Waals surface area contributed by atoms with Crippen molar-refractivity contribution >= 4 is 30.1 Å². The van der Waals surface area contributed by atoms with Gasteiger partial charge in [0.2, 0.25) is 5.91 Å². The monoisotopic (exact) mass is 306 g/mol. The Morgan fingerprint density at radius 1 is 1.10 bits per heavy atom. The molecule has 0 spiro atoms. The maximum Gasteiger partial charge on any atom is 0.312 e. The van der Waals surface area contributed by atoms with Gasteiger partial charge in [0, 0.05) is 32.7 Å². The maximum atomic E-state index is 11.7. The van der Waals surface area contributed by atoms with E-state index in [1.165, 1.54) is 9.80 Å². The zero-order chi connectivity index (χ0) is 14.3. The number of halogens is 1. The highest BCUT2D eigenvalue weighted by Gasteiger charge is 2.32. The molecule has 0 aromatic rings. The van der Waals surface area contributed by atoms with Crippen molar-refractivity contribution in [2.24, 2.45) is 0 Å². The van der Waals surface area contributed by atoms with Crippen molar-refractivity contribution in [1.29, 1.82) is 0 Å². The first-order valence-corrected chi connectivity index (χ1v) is 6.65. The number of hydrogen-bond acceptors (Lipinski definition) is 4. The number of carbonyl (C=O) groups is 3. The largest absolute Gasteiger partial charge is 0.353 e. The van der Waals surface area contributed by atoms with Crippen molar-refractivity contribution in [2.45, 2.75) is 13.8 Å². The van der Waals surface area contributed by atoms with Crippen LogP contribution < -0.4 is 10.6 Å². The molecular weight excluding hydrogens is 284 g/mol. The Kier molecular flexibility index (Phi) is 8.91. The Bertz CT molecular complexity index is 352. The first-order chi connectivity index (χ1) is 9.10. The number of amides is 3. The molecule has 1 aliphatic heterocycles. The number of rotatable bonds is 7. The standard InChI is InChI=1S/C12H22N4O3.ClH/c1-3-13-5-6-14-10(17)9-16-8-7-15(4-2)11(18)12(16)19;/h13H,3-9H2,1-2H3,(H,14,17);1H. The van der Waals surface area contributed by atoms with Crippen LogP contribution in [-0.4, -0.2) is 73.3 Å². The maximum absolute atomic E-state index is 11.7. The molecule has 0 unspecified atom stereocenters. The number of hydrogen-bond donors (Lipinski definition) is 2. The quantitative estimate of drug-likeness (QED) is 0.458. The van der Waals surface area contributed by atoms with Crippen LogP contribution in [-0.2, 0) is 14.4 Å². The van der Waals surface area contributed by atoms with Gasteiger partial charge in [-0.05, 0) is 13.5 Å². The average Bonchev–Trinajstić information content (AvgIpc) is 2.40. The summed E-state index contributed by atoms with van der Waals surface area (Å²) in [6, 6.07) is 0. The summed E-state index contributed by atoms with van der Waals surface area (Å²) in [5.41, 5.74) is 0. The van der Waals surface area contributed by atoms with Gasteiger partial charge in [0.05, 0.1) is 0 Å². The molecule has 3 amide bonds. The number of carbonyl (C=O) groups excluding carboxylic acids is 3. The molecule has 0 aromatic heterocycles. The van der Waals surface area contributed by atoms with Crippen molar-refractivity contribution in [2.75, 3.05) is 45.8 Å². The lowest BCUT2D eigenvalue weighted by Gasteiger charge is -2.32. The molecule has 7 nitrogen and oxygen atoms in total. The summed E-state index contributed by atoms with van der Waals surface area (Å²) in [4.78, 5) is 37.8. The number of nitrogens with zero attached hydrogens (tertiary/aromatic N) is 2. The Morgan fingerprint density at radius 2 is 1.70 bits per heavy atom. The van der Waals surface area contributed by atoms with Crippen LogP contribution in [0.2, 0.25) is 0 Å². The molecule has 0 bridgehead atoms. The van der Waals surface area contributed by atoms with E-state index in [1.807, 2.05) is 13.8 Å². The fourth-order valence-corrected chi connectivity index (χ4v) is 1.86. The molecule has 0 saturated carbocycles. The van der Waals surface area contributed by atoms with Crippen LogP contribution in [0.4, 0.5) is 0 Å². The van der Waals surface area contributed by atoms with Crippen molar-refractivity contribution < 1.29 is 14.4 Å². The highest BCUT2D eigenvalue weighted by atomic mass is 35.5. The number of likely N-dealkylation sites (N-methyl/N-ethyl adjacent to an activating group) is 2. The van der Waals surface area contributed by atoms with Gasteiger partial charge in [-0.15, -0.1) is 12.4 Å². The van der Waals surface area contributed by atoms with Crippen LogP contribution in [0.15, 0.2) is 0 Å². The summed E-state index contributed by atoms with van der Waals surface area (Å²) in [7, 11) is 0. The van der Waals surface area contributed by atoms with Gasteiger partial charge in [0.1, 0.15) is 6.54 Å². The molecule has 0 aliphatic carbocycles. The Labute approximate surface area is 125 Å². The van der Waals surface area contributed by atoms with Gasteiger partial charge < -0.3 is 20.4 Å². The SMILES string of the molecule is CCNCCNC(=O)CN1CCN(CC)C(=O)C1=O.Cl. The zero-order valence-electron chi connectivity index (χ0n) is 12.0. The average molecular weight is 307 g/mol. The van der Waals surface area contributed by atoms with Crippen molar-refractivity contribution in [3.8, 4) is 0 Å². The van der Waals surface area contributed by atoms with Gasteiger partial charge in [-0.25, -0.2) is 0 Å². The molecule has 1 heterocycles. The summed E-state index contributed by atoms with van der Waals surface area (Å²) in [6.07, 6.45) is 0. The fourth-order valence-electron chi connectivity index (χ4n) is 1.86. The topological polar surface area (TPSA) is 81.8 Å². The van der Waals surface area contributed by atoms with E-state index < -0.39 is 11.8 Å². The number of piperazine rings is 1. The first kappa shape index (κ1) is 18.7. The Balaban J connectivity index is 0.00000361. The number of nitrogens with one attached hydrogen (secondary N) is 2. The molecular formula is C12H23ClN4O3. The molecule has 8 heteroatoms. The third-order valence-corrected chi connectivity index (χ3v) is 2.99. The van der Waals surface area contributed by atoms with Crippen LogP contribution in [0.3, 0.4) is 0 Å². The third-order valence-electron chi connectivity index (χ3n) is 2.99. The minimum Gasteiger partial charge on any atom is -0.353 e. The molecule has 20 heavy (non-hydrogen) atoms. The van der Waals surface area contributed by atoms with Crippen LogP contribution >= 0.6 is 12.4 Å². The van der Waals surface area contributed by atoms with E-state index in [-0.39, 0.29) is 24.9 Å². The van der Waals surface area contributed by atoms with E-state index in [0.717, 1.165) is 6.54 Å². The van der Waals surface area contributed by atoms with Crippen LogP contribution in [0.1, 0.15) is 13.8 Å². The molecule has 116 valence electrons. The molecule has 0 aromatic carbocycles. The van der Waals surface area contributed by atoms with Gasteiger partial charge >= 0.3 is 11.8 Å². The normalized spacial score (nSPS) is 15.1. The van der Waals surface area contributed by atoms with E-state index in [2.05, 4.69) is 10.6 Å². The minimum atomic E-state index is -0.588. The lowest BCUT2D eigenvalue weighted by atomic mass is 10.3. The highest BCUT2D eigenvalue weighted by Crippen LogP contribution is 2.04. The van der Waals surface area contributed by atoms with Gasteiger partial charge in [-0.3, -0.25) is 14.4 Å². The molecule has 2 N–H and O–H groups in total. The predicted molar refractivity (Wildman–Crippen MR) is 77.6 cm³/mol. The van der Waals surface area contributed by atoms with Crippen molar-refractivity contribution in [3.63, 3.8) is 0 Å². The van der Waals surface area contributed by atoms with E-state index in [9.17, 15) is 14.4 Å². The summed E-state index contributed by atoms with van der Waals surface area (Å²) in [6.45, 7) is 7.25. The summed E-state index contributed by atoms with van der Waals surface area (Å²) < 4.78 is 0. The second-order valence-electron chi connectivity index (χ2n) is 4.32. The minimum absolute atomic E-state index is 0. The molecule has 1 rings (SSSR count). The molecule has 0 radical (unpaired) electrons. The zero-order valence-corrected chi connectivity index (χ0v) is 12.8. The highest BCUT2D eigenvalue weighted by molar-refractivity contribution is 6.35. The van der Waals surface area contributed by atoms with Gasteiger partial charge in [-0.1, -0.05) is 6.92 Å². The fraction of sp³-hybridized carbons (Fsp3) is 0.750. The van der Waals surface area contributed by atoms with Crippen LogP contribution in [0.25, 0.3) is 0 Å². The summed E-state index contributed by atoms with van der Waals surface area (Å²) in [5, 5.41) is 5.79. The van der Waals surface area contributed by atoms with Gasteiger partial charge in [0.25, 0.3) is 0 Å². The molecule has 1 saturated heterocycles. The Hall–Kier alpha value is -1.34. The Morgan fingerprint density at radius 3 is 2.30 bits per heavy atom. The van der Waals surface area contributed by atoms with E-state index in [1.54, 1.807) is 0 Å². The third kappa shape index (κ3) is 5.34. The smallest absolute Gasteiger partial charge is 0.312 e. The molecule has 0 atom stereocenters. The summed E-state index contributed by atoms with van der Waals surface area (Å²) >= 11 is 0. The second-order valence-corrected chi connectivity index (χ2v) is 4.32. The molecule has 1 fully saturated rings. The van der Waals surface area contributed by atoms with Gasteiger partial charge in [0.15, 0.2) is 0 Å². The summed E-state index contributed by atoms with van der Waals surface area (Å²) in [5.74, 6) is -1.34.